The Balaban J connectivity index is 2.11. The monoisotopic (exact) mass is 277 g/mol. The van der Waals surface area contributed by atoms with E-state index < -0.39 is 11.9 Å². The number of halogens is 1. The largest absolute Gasteiger partial charge is 0.386 e. The van der Waals surface area contributed by atoms with Gasteiger partial charge in [0, 0.05) is 31.0 Å². The molecule has 0 bridgehead atoms. The lowest BCUT2D eigenvalue weighted by molar-refractivity contribution is 0.101. The fraction of sp³-hybridized carbons (Fsp3) is 0.286. The van der Waals surface area contributed by atoms with Crippen molar-refractivity contribution in [1.29, 1.82) is 0 Å². The topological polar surface area (TPSA) is 67.2 Å². The first-order valence-corrected chi connectivity index (χ1v) is 6.19. The van der Waals surface area contributed by atoms with E-state index in [1.54, 1.807) is 30.2 Å². The van der Waals surface area contributed by atoms with Crippen LogP contribution in [0, 0.1) is 5.82 Å². The summed E-state index contributed by atoms with van der Waals surface area (Å²) in [6, 6.07) is 4.36. The van der Waals surface area contributed by atoms with Gasteiger partial charge in [0.15, 0.2) is 5.78 Å². The molecule has 0 aliphatic carbocycles. The van der Waals surface area contributed by atoms with Crippen molar-refractivity contribution < 1.29 is 14.3 Å². The van der Waals surface area contributed by atoms with Crippen molar-refractivity contribution >= 4 is 11.5 Å². The van der Waals surface area contributed by atoms with Crippen LogP contribution in [0.5, 0.6) is 0 Å². The minimum absolute atomic E-state index is 0.00545. The fourth-order valence-electron chi connectivity index (χ4n) is 1.97. The van der Waals surface area contributed by atoms with E-state index >= 15 is 0 Å². The van der Waals surface area contributed by atoms with Gasteiger partial charge in [-0.25, -0.2) is 4.39 Å². The van der Waals surface area contributed by atoms with Crippen LogP contribution in [0.15, 0.2) is 30.6 Å². The zero-order valence-electron chi connectivity index (χ0n) is 11.3. The first-order valence-electron chi connectivity index (χ1n) is 6.19. The standard InChI is InChI=1S/C14H16FN3O2/c1-9(19)14-11(15)4-3-5-12(14)16-7-13(20)10-6-17-18(2)8-10/h3-6,8,13,16,20H,7H2,1-2H3. The highest BCUT2D eigenvalue weighted by molar-refractivity contribution is 5.99. The van der Waals surface area contributed by atoms with Crippen LogP contribution in [0.3, 0.4) is 0 Å². The van der Waals surface area contributed by atoms with Gasteiger partial charge in [-0.3, -0.25) is 9.48 Å². The Bertz CT molecular complexity index is 625. The number of rotatable bonds is 5. The van der Waals surface area contributed by atoms with E-state index in [4.69, 9.17) is 0 Å². The Morgan fingerprint density at radius 1 is 1.55 bits per heavy atom. The van der Waals surface area contributed by atoms with E-state index in [1.165, 1.54) is 19.1 Å². The summed E-state index contributed by atoms with van der Waals surface area (Å²) >= 11 is 0. The Kier molecular flexibility index (Phi) is 4.14. The summed E-state index contributed by atoms with van der Waals surface area (Å²) in [4.78, 5) is 11.4. The third kappa shape index (κ3) is 3.03. The lowest BCUT2D eigenvalue weighted by Gasteiger charge is -2.14. The number of hydrogen-bond acceptors (Lipinski definition) is 4. The molecule has 20 heavy (non-hydrogen) atoms. The molecule has 2 N–H and O–H groups in total. The molecule has 0 saturated carbocycles. The minimum atomic E-state index is -0.785. The second-order valence-corrected chi connectivity index (χ2v) is 4.56. The quantitative estimate of drug-likeness (QED) is 0.819. The first-order chi connectivity index (χ1) is 9.49. The Morgan fingerprint density at radius 2 is 2.30 bits per heavy atom. The molecule has 0 saturated heterocycles. The van der Waals surface area contributed by atoms with E-state index in [0.717, 1.165) is 0 Å². The van der Waals surface area contributed by atoms with Gasteiger partial charge in [0.05, 0.1) is 17.9 Å². The molecule has 1 aromatic heterocycles. The average Bonchev–Trinajstić information content (AvgIpc) is 2.82. The zero-order chi connectivity index (χ0) is 14.7. The minimum Gasteiger partial charge on any atom is -0.386 e. The Labute approximate surface area is 116 Å². The molecule has 0 spiro atoms. The molecule has 0 fully saturated rings. The highest BCUT2D eigenvalue weighted by Gasteiger charge is 2.15. The van der Waals surface area contributed by atoms with Gasteiger partial charge >= 0.3 is 0 Å². The SMILES string of the molecule is CC(=O)c1c(F)cccc1NCC(O)c1cnn(C)c1. The number of carbonyl (C=O) groups excluding carboxylic acids is 1. The highest BCUT2D eigenvalue weighted by Crippen LogP contribution is 2.21. The molecule has 0 aliphatic heterocycles. The molecule has 0 amide bonds. The third-order valence-corrected chi connectivity index (χ3v) is 2.96. The number of benzene rings is 1. The number of hydrogen-bond donors (Lipinski definition) is 2. The summed E-state index contributed by atoms with van der Waals surface area (Å²) in [5.74, 6) is -0.931. The summed E-state index contributed by atoms with van der Waals surface area (Å²) in [7, 11) is 1.75. The van der Waals surface area contributed by atoms with Gasteiger partial charge in [-0.15, -0.1) is 0 Å². The van der Waals surface area contributed by atoms with Crippen LogP contribution in [0.25, 0.3) is 0 Å². The van der Waals surface area contributed by atoms with Crippen LogP contribution in [-0.2, 0) is 7.05 Å². The first kappa shape index (κ1) is 14.2. The van der Waals surface area contributed by atoms with Crippen LogP contribution < -0.4 is 5.32 Å². The molecule has 0 aliphatic rings. The van der Waals surface area contributed by atoms with Crippen molar-refractivity contribution in [3.8, 4) is 0 Å². The normalized spacial score (nSPS) is 12.2. The Hall–Kier alpha value is -2.21. The molecule has 1 atom stereocenters. The van der Waals surface area contributed by atoms with E-state index in [2.05, 4.69) is 10.4 Å². The molecule has 2 aromatic rings. The molecule has 5 nitrogen and oxygen atoms in total. The molecule has 1 aromatic carbocycles. The number of Topliss-reactive ketones (excluding diaryl/α,β-unsaturated/α-hetero) is 1. The molecular weight excluding hydrogens is 261 g/mol. The summed E-state index contributed by atoms with van der Waals surface area (Å²) in [6.07, 6.45) is 2.47. The third-order valence-electron chi connectivity index (χ3n) is 2.96. The molecule has 1 heterocycles. The van der Waals surface area contributed by atoms with Gasteiger partial charge in [0.2, 0.25) is 0 Å². The number of aliphatic hydroxyl groups is 1. The van der Waals surface area contributed by atoms with Crippen molar-refractivity contribution in [2.45, 2.75) is 13.0 Å². The summed E-state index contributed by atoms with van der Waals surface area (Å²) in [5.41, 5.74) is 1.03. The van der Waals surface area contributed by atoms with E-state index in [9.17, 15) is 14.3 Å². The van der Waals surface area contributed by atoms with Gasteiger partial charge in [-0.1, -0.05) is 6.07 Å². The number of carbonyl (C=O) groups is 1. The van der Waals surface area contributed by atoms with Crippen LogP contribution >= 0.6 is 0 Å². The number of aliphatic hydroxyl groups excluding tert-OH is 1. The maximum Gasteiger partial charge on any atom is 0.164 e. The number of aromatic nitrogens is 2. The van der Waals surface area contributed by atoms with Gasteiger partial charge in [-0.05, 0) is 19.1 Å². The number of ketones is 1. The van der Waals surface area contributed by atoms with E-state index in [-0.39, 0.29) is 17.9 Å². The van der Waals surface area contributed by atoms with E-state index in [0.29, 0.717) is 11.3 Å². The summed E-state index contributed by atoms with van der Waals surface area (Å²) in [5, 5.41) is 16.9. The lowest BCUT2D eigenvalue weighted by atomic mass is 10.1. The number of aryl methyl sites for hydroxylation is 1. The van der Waals surface area contributed by atoms with Crippen LogP contribution in [0.1, 0.15) is 28.9 Å². The molecule has 6 heteroatoms. The van der Waals surface area contributed by atoms with Crippen molar-refractivity contribution in [1.82, 2.24) is 9.78 Å². The number of nitrogens with zero attached hydrogens (tertiary/aromatic N) is 2. The predicted molar refractivity (Wildman–Crippen MR) is 73.1 cm³/mol. The second-order valence-electron chi connectivity index (χ2n) is 4.56. The van der Waals surface area contributed by atoms with Crippen molar-refractivity contribution in [2.24, 2.45) is 7.05 Å². The number of anilines is 1. The maximum absolute atomic E-state index is 13.6. The van der Waals surface area contributed by atoms with Gasteiger partial charge in [0.25, 0.3) is 0 Å². The second kappa shape index (κ2) is 5.83. The average molecular weight is 277 g/mol. The smallest absolute Gasteiger partial charge is 0.164 e. The van der Waals surface area contributed by atoms with Crippen molar-refractivity contribution in [3.63, 3.8) is 0 Å². The molecular formula is C14H16FN3O2. The lowest BCUT2D eigenvalue weighted by Crippen LogP contribution is -2.14. The maximum atomic E-state index is 13.6. The van der Waals surface area contributed by atoms with E-state index in [1.807, 2.05) is 0 Å². The number of nitrogens with one attached hydrogen (secondary N) is 1. The Morgan fingerprint density at radius 3 is 2.90 bits per heavy atom. The predicted octanol–water partition coefficient (Wildman–Crippen LogP) is 1.91. The zero-order valence-corrected chi connectivity index (χ0v) is 11.3. The van der Waals surface area contributed by atoms with Gasteiger partial charge in [0.1, 0.15) is 5.82 Å². The van der Waals surface area contributed by atoms with Crippen LogP contribution in [-0.4, -0.2) is 27.2 Å². The van der Waals surface area contributed by atoms with Crippen LogP contribution in [0.4, 0.5) is 10.1 Å². The fourth-order valence-corrected chi connectivity index (χ4v) is 1.97. The summed E-state index contributed by atoms with van der Waals surface area (Å²) in [6.45, 7) is 1.47. The van der Waals surface area contributed by atoms with Crippen molar-refractivity contribution in [2.75, 3.05) is 11.9 Å². The summed E-state index contributed by atoms with van der Waals surface area (Å²) < 4.78 is 15.2. The molecule has 1 unspecified atom stereocenters. The molecule has 106 valence electrons. The van der Waals surface area contributed by atoms with Gasteiger partial charge in [-0.2, -0.15) is 5.10 Å². The van der Waals surface area contributed by atoms with Crippen LogP contribution in [0.2, 0.25) is 0 Å². The van der Waals surface area contributed by atoms with Crippen molar-refractivity contribution in [3.05, 3.63) is 47.5 Å². The molecule has 0 radical (unpaired) electrons. The van der Waals surface area contributed by atoms with Gasteiger partial charge < -0.3 is 10.4 Å². The highest BCUT2D eigenvalue weighted by atomic mass is 19.1. The molecule has 2 rings (SSSR count).